The number of aryl methyl sites for hydroxylation is 3. The molecule has 7 nitrogen and oxygen atoms in total. The highest BCUT2D eigenvalue weighted by Gasteiger charge is 2.23. The van der Waals surface area contributed by atoms with Gasteiger partial charge in [0.2, 0.25) is 0 Å². The smallest absolute Gasteiger partial charge is 0.349 e. The van der Waals surface area contributed by atoms with E-state index in [2.05, 4.69) is 22.7 Å². The molecule has 1 amide bonds. The molecule has 2 N–H and O–H groups in total. The summed E-state index contributed by atoms with van der Waals surface area (Å²) in [6.45, 7) is 10.2. The second kappa shape index (κ2) is 9.39. The Kier molecular flexibility index (Phi) is 7.43. The quantitative estimate of drug-likeness (QED) is 0.792. The molecule has 2 aromatic heterocycles. The molecule has 0 spiro atoms. The van der Waals surface area contributed by atoms with Gasteiger partial charge in [-0.1, -0.05) is 6.92 Å². The number of carbonyl (C=O) groups excluding carboxylic acids is 1. The van der Waals surface area contributed by atoms with Crippen LogP contribution in [0.5, 0.6) is 0 Å². The van der Waals surface area contributed by atoms with E-state index in [4.69, 9.17) is 4.42 Å². The Labute approximate surface area is 171 Å². The largest absolute Gasteiger partial charge is 0.427 e. The van der Waals surface area contributed by atoms with Crippen molar-refractivity contribution in [1.82, 2.24) is 15.1 Å². The van der Waals surface area contributed by atoms with Crippen LogP contribution in [0.25, 0.3) is 0 Å². The van der Waals surface area contributed by atoms with E-state index in [9.17, 15) is 9.59 Å². The monoisotopic (exact) mass is 408 g/mol. The summed E-state index contributed by atoms with van der Waals surface area (Å²) < 4.78 is 7.39. The van der Waals surface area contributed by atoms with Crippen molar-refractivity contribution in [2.24, 2.45) is 0 Å². The number of nitrogens with zero attached hydrogens (tertiary/aromatic N) is 2. The van der Waals surface area contributed by atoms with Crippen LogP contribution in [0.15, 0.2) is 15.3 Å². The van der Waals surface area contributed by atoms with Gasteiger partial charge in [-0.2, -0.15) is 5.10 Å². The average Bonchev–Trinajstić information content (AvgIpc) is 2.90. The number of anilines is 1. The fraction of sp³-hybridized carbons (Fsp3) is 0.550. The Morgan fingerprint density at radius 1 is 1.39 bits per heavy atom. The van der Waals surface area contributed by atoms with Crippen LogP contribution >= 0.6 is 12.4 Å². The minimum atomic E-state index is -0.579. The highest BCUT2D eigenvalue weighted by molar-refractivity contribution is 6.05. The summed E-state index contributed by atoms with van der Waals surface area (Å²) in [5.41, 5.74) is 2.40. The fourth-order valence-electron chi connectivity index (χ4n) is 3.69. The van der Waals surface area contributed by atoms with Crippen LogP contribution in [0.2, 0.25) is 0 Å². The second-order valence-electron chi connectivity index (χ2n) is 7.26. The van der Waals surface area contributed by atoms with E-state index < -0.39 is 11.5 Å². The van der Waals surface area contributed by atoms with Crippen molar-refractivity contribution >= 4 is 24.0 Å². The Bertz CT molecular complexity index is 898. The molecule has 0 radical (unpaired) electrons. The molecular weight excluding hydrogens is 380 g/mol. The molecule has 154 valence electrons. The highest BCUT2D eigenvalue weighted by atomic mass is 35.5. The van der Waals surface area contributed by atoms with Crippen LogP contribution in [-0.2, 0) is 6.54 Å². The van der Waals surface area contributed by atoms with E-state index in [-0.39, 0.29) is 23.9 Å². The lowest BCUT2D eigenvalue weighted by Crippen LogP contribution is -2.30. The third-order valence-corrected chi connectivity index (χ3v) is 5.15. The third kappa shape index (κ3) is 4.47. The van der Waals surface area contributed by atoms with Crippen LogP contribution in [-0.4, -0.2) is 28.8 Å². The number of aromatic nitrogens is 2. The van der Waals surface area contributed by atoms with Gasteiger partial charge in [-0.15, -0.1) is 12.4 Å². The number of halogens is 1. The SMILES string of the molecule is CCCn1nc(C)c(NC(=O)c2c(C)cc(C3CCCNC3)oc2=O)c1C.Cl. The summed E-state index contributed by atoms with van der Waals surface area (Å²) >= 11 is 0. The maximum atomic E-state index is 12.8. The summed E-state index contributed by atoms with van der Waals surface area (Å²) in [4.78, 5) is 25.3. The van der Waals surface area contributed by atoms with Crippen molar-refractivity contribution < 1.29 is 9.21 Å². The molecule has 1 aliphatic rings. The number of rotatable bonds is 5. The number of piperidine rings is 1. The minimum Gasteiger partial charge on any atom is -0.427 e. The molecule has 1 atom stereocenters. The zero-order chi connectivity index (χ0) is 19.6. The molecule has 0 aliphatic carbocycles. The van der Waals surface area contributed by atoms with Gasteiger partial charge in [0.15, 0.2) is 0 Å². The Hall–Kier alpha value is -2.12. The number of hydrogen-bond acceptors (Lipinski definition) is 5. The topological polar surface area (TPSA) is 89.2 Å². The number of hydrogen-bond donors (Lipinski definition) is 2. The van der Waals surface area contributed by atoms with Gasteiger partial charge in [-0.05, 0) is 58.2 Å². The lowest BCUT2D eigenvalue weighted by Gasteiger charge is -2.22. The number of nitrogens with one attached hydrogen (secondary N) is 2. The number of carbonyl (C=O) groups is 1. The van der Waals surface area contributed by atoms with Crippen LogP contribution in [0, 0.1) is 20.8 Å². The molecule has 1 aliphatic heterocycles. The minimum absolute atomic E-state index is 0. The maximum absolute atomic E-state index is 12.8. The summed E-state index contributed by atoms with van der Waals surface area (Å²) in [6, 6.07) is 1.83. The lowest BCUT2D eigenvalue weighted by molar-refractivity contribution is 0.102. The molecule has 0 bridgehead atoms. The van der Waals surface area contributed by atoms with Crippen molar-refractivity contribution in [3.05, 3.63) is 44.8 Å². The van der Waals surface area contributed by atoms with E-state index in [0.29, 0.717) is 17.0 Å². The van der Waals surface area contributed by atoms with E-state index >= 15 is 0 Å². The molecule has 8 heteroatoms. The van der Waals surface area contributed by atoms with Gasteiger partial charge in [0.25, 0.3) is 5.91 Å². The molecule has 1 unspecified atom stereocenters. The molecule has 0 saturated carbocycles. The van der Waals surface area contributed by atoms with Crippen LogP contribution < -0.4 is 16.3 Å². The first kappa shape index (κ1) is 22.2. The summed E-state index contributed by atoms with van der Waals surface area (Å²) in [5.74, 6) is 0.389. The van der Waals surface area contributed by atoms with E-state index in [0.717, 1.165) is 50.3 Å². The first-order valence-corrected chi connectivity index (χ1v) is 9.63. The summed E-state index contributed by atoms with van der Waals surface area (Å²) in [7, 11) is 0. The van der Waals surface area contributed by atoms with Crippen molar-refractivity contribution in [3.8, 4) is 0 Å². The van der Waals surface area contributed by atoms with E-state index in [1.165, 1.54) is 0 Å². The zero-order valence-corrected chi connectivity index (χ0v) is 17.7. The average molecular weight is 409 g/mol. The summed E-state index contributed by atoms with van der Waals surface area (Å²) in [5, 5.41) is 10.6. The predicted molar refractivity (Wildman–Crippen MR) is 112 cm³/mol. The lowest BCUT2D eigenvalue weighted by atomic mass is 9.95. The second-order valence-corrected chi connectivity index (χ2v) is 7.26. The Morgan fingerprint density at radius 2 is 2.14 bits per heavy atom. The zero-order valence-electron chi connectivity index (χ0n) is 16.9. The van der Waals surface area contributed by atoms with Crippen molar-refractivity contribution in [3.63, 3.8) is 0 Å². The molecule has 28 heavy (non-hydrogen) atoms. The Morgan fingerprint density at radius 3 is 2.75 bits per heavy atom. The first-order valence-electron chi connectivity index (χ1n) is 9.63. The number of amides is 1. The summed E-state index contributed by atoms with van der Waals surface area (Å²) in [6.07, 6.45) is 2.99. The van der Waals surface area contributed by atoms with Gasteiger partial charge in [0, 0.05) is 19.0 Å². The highest BCUT2D eigenvalue weighted by Crippen LogP contribution is 2.25. The van der Waals surface area contributed by atoms with Crippen molar-refractivity contribution in [2.45, 2.75) is 59.4 Å². The molecule has 3 heterocycles. The van der Waals surface area contributed by atoms with Gasteiger partial charge in [-0.25, -0.2) is 4.79 Å². The normalized spacial score (nSPS) is 16.5. The van der Waals surface area contributed by atoms with Gasteiger partial charge in [0.1, 0.15) is 11.3 Å². The van der Waals surface area contributed by atoms with Crippen molar-refractivity contribution in [1.29, 1.82) is 0 Å². The predicted octanol–water partition coefficient (Wildman–Crippen LogP) is 3.31. The van der Waals surface area contributed by atoms with Gasteiger partial charge in [0.05, 0.1) is 17.1 Å². The standard InChI is InChI=1S/C20H28N4O3.ClH/c1-5-9-24-14(4)18(13(3)23-24)22-19(25)17-12(2)10-16(27-20(17)26)15-7-6-8-21-11-15;/h10,15,21H,5-9,11H2,1-4H3,(H,22,25);1H. The molecule has 2 aromatic rings. The van der Waals surface area contributed by atoms with E-state index in [1.807, 2.05) is 24.6 Å². The molecule has 1 fully saturated rings. The van der Waals surface area contributed by atoms with Crippen LogP contribution in [0.3, 0.4) is 0 Å². The van der Waals surface area contributed by atoms with Crippen LogP contribution in [0.4, 0.5) is 5.69 Å². The maximum Gasteiger partial charge on any atom is 0.349 e. The Balaban J connectivity index is 0.00000280. The van der Waals surface area contributed by atoms with Gasteiger partial charge in [-0.3, -0.25) is 9.48 Å². The van der Waals surface area contributed by atoms with Gasteiger partial charge >= 0.3 is 5.63 Å². The molecule has 1 saturated heterocycles. The van der Waals surface area contributed by atoms with Gasteiger partial charge < -0.3 is 15.1 Å². The molecule has 3 rings (SSSR count). The first-order chi connectivity index (χ1) is 12.9. The van der Waals surface area contributed by atoms with Crippen molar-refractivity contribution in [2.75, 3.05) is 18.4 Å². The third-order valence-electron chi connectivity index (χ3n) is 5.15. The fourth-order valence-corrected chi connectivity index (χ4v) is 3.69. The molecule has 0 aromatic carbocycles. The molecular formula is C20H29ClN4O3. The van der Waals surface area contributed by atoms with Crippen LogP contribution in [0.1, 0.15) is 65.2 Å². The van der Waals surface area contributed by atoms with E-state index in [1.54, 1.807) is 6.92 Å².